The summed E-state index contributed by atoms with van der Waals surface area (Å²) in [5.74, 6) is 0. The summed E-state index contributed by atoms with van der Waals surface area (Å²) in [7, 11) is 0. The first kappa shape index (κ1) is 15.6. The number of hydrogen-bond donors (Lipinski definition) is 0. The number of nitrogens with zero attached hydrogens (tertiary/aromatic N) is 2. The highest BCUT2D eigenvalue weighted by Crippen LogP contribution is 2.21. The lowest BCUT2D eigenvalue weighted by atomic mass is 9.96. The fraction of sp³-hybridized carbons (Fsp3) is 0.300. The monoisotopic (exact) mass is 306 g/mol. The standard InChI is InChI=1S/C20H22N2O/c1-2-3-14-23-20-15-17-6-4-5-7-18(17)19(22-20)9-8-16-10-12-21-13-11-16/h4-13,20H,2-3,14-15H2,1H3/b9-8+. The van der Waals surface area contributed by atoms with Crippen molar-refractivity contribution >= 4 is 11.8 Å². The van der Waals surface area contributed by atoms with Gasteiger partial charge in [-0.2, -0.15) is 0 Å². The largest absolute Gasteiger partial charge is 0.356 e. The first-order valence-electron chi connectivity index (χ1n) is 8.22. The van der Waals surface area contributed by atoms with Gasteiger partial charge in [-0.1, -0.05) is 43.7 Å². The molecule has 2 aromatic rings. The van der Waals surface area contributed by atoms with Gasteiger partial charge in [0.2, 0.25) is 0 Å². The van der Waals surface area contributed by atoms with Crippen molar-refractivity contribution in [1.29, 1.82) is 0 Å². The lowest BCUT2D eigenvalue weighted by Gasteiger charge is -2.22. The number of unbranched alkanes of at least 4 members (excludes halogenated alkanes) is 1. The average Bonchev–Trinajstić information content (AvgIpc) is 2.61. The van der Waals surface area contributed by atoms with E-state index in [-0.39, 0.29) is 6.23 Å². The lowest BCUT2D eigenvalue weighted by molar-refractivity contribution is 0.0569. The summed E-state index contributed by atoms with van der Waals surface area (Å²) in [6, 6.07) is 12.4. The quantitative estimate of drug-likeness (QED) is 0.746. The molecule has 0 spiro atoms. The fourth-order valence-electron chi connectivity index (χ4n) is 2.65. The van der Waals surface area contributed by atoms with Crippen molar-refractivity contribution in [1.82, 2.24) is 4.98 Å². The number of fused-ring (bicyclic) bond motifs is 1. The van der Waals surface area contributed by atoms with Crippen LogP contribution in [0.3, 0.4) is 0 Å². The van der Waals surface area contributed by atoms with E-state index < -0.39 is 0 Å². The van der Waals surface area contributed by atoms with Gasteiger partial charge in [0.05, 0.1) is 5.71 Å². The first-order valence-corrected chi connectivity index (χ1v) is 8.22. The zero-order valence-corrected chi connectivity index (χ0v) is 13.5. The Kier molecular flexibility index (Phi) is 5.33. The minimum absolute atomic E-state index is 0.0754. The molecule has 2 heterocycles. The molecule has 3 heteroatoms. The van der Waals surface area contributed by atoms with Gasteiger partial charge in [0.15, 0.2) is 6.23 Å². The summed E-state index contributed by atoms with van der Waals surface area (Å²) < 4.78 is 5.93. The second-order valence-corrected chi connectivity index (χ2v) is 5.67. The number of aromatic nitrogens is 1. The van der Waals surface area contributed by atoms with E-state index in [1.54, 1.807) is 12.4 Å². The summed E-state index contributed by atoms with van der Waals surface area (Å²) in [6.45, 7) is 2.94. The van der Waals surface area contributed by atoms with Gasteiger partial charge >= 0.3 is 0 Å². The van der Waals surface area contributed by atoms with Crippen molar-refractivity contribution in [2.45, 2.75) is 32.4 Å². The molecular formula is C20H22N2O. The van der Waals surface area contributed by atoms with Crippen LogP contribution in [0.5, 0.6) is 0 Å². The van der Waals surface area contributed by atoms with Gasteiger partial charge in [-0.25, -0.2) is 0 Å². The van der Waals surface area contributed by atoms with Gasteiger partial charge in [0.1, 0.15) is 0 Å². The molecule has 0 N–H and O–H groups in total. The number of aliphatic imine (C=N–C) groups is 1. The number of allylic oxidation sites excluding steroid dienone is 1. The van der Waals surface area contributed by atoms with Crippen LogP contribution in [0.15, 0.2) is 59.9 Å². The maximum atomic E-state index is 5.93. The lowest BCUT2D eigenvalue weighted by Crippen LogP contribution is -2.23. The van der Waals surface area contributed by atoms with Crippen LogP contribution in [0.4, 0.5) is 0 Å². The van der Waals surface area contributed by atoms with Gasteiger partial charge in [-0.05, 0) is 35.8 Å². The second kappa shape index (κ2) is 7.84. The van der Waals surface area contributed by atoms with Gasteiger partial charge in [-0.15, -0.1) is 0 Å². The van der Waals surface area contributed by atoms with Gasteiger partial charge in [0, 0.05) is 31.0 Å². The molecule has 0 fully saturated rings. The van der Waals surface area contributed by atoms with Crippen LogP contribution in [-0.4, -0.2) is 23.5 Å². The van der Waals surface area contributed by atoms with Crippen molar-refractivity contribution < 1.29 is 4.74 Å². The van der Waals surface area contributed by atoms with E-state index in [0.717, 1.165) is 37.1 Å². The number of benzene rings is 1. The van der Waals surface area contributed by atoms with Crippen molar-refractivity contribution in [3.05, 3.63) is 71.6 Å². The fourth-order valence-corrected chi connectivity index (χ4v) is 2.65. The Morgan fingerprint density at radius 3 is 2.78 bits per heavy atom. The van der Waals surface area contributed by atoms with E-state index in [0.29, 0.717) is 0 Å². The molecule has 0 saturated carbocycles. The Morgan fingerprint density at radius 2 is 1.96 bits per heavy atom. The van der Waals surface area contributed by atoms with Crippen LogP contribution in [-0.2, 0) is 11.2 Å². The molecule has 0 aliphatic carbocycles. The molecule has 1 aliphatic heterocycles. The summed E-state index contributed by atoms with van der Waals surface area (Å²) in [5.41, 5.74) is 4.62. The van der Waals surface area contributed by atoms with Crippen LogP contribution in [0.1, 0.15) is 36.5 Å². The molecule has 1 aromatic carbocycles. The molecule has 1 aliphatic rings. The van der Waals surface area contributed by atoms with Crippen molar-refractivity contribution in [2.75, 3.05) is 6.61 Å². The average molecular weight is 306 g/mol. The third-order valence-corrected chi connectivity index (χ3v) is 3.92. The normalized spacial score (nSPS) is 17.1. The smallest absolute Gasteiger partial charge is 0.153 e. The summed E-state index contributed by atoms with van der Waals surface area (Å²) >= 11 is 0. The highest BCUT2D eigenvalue weighted by atomic mass is 16.5. The Labute approximate surface area is 137 Å². The number of rotatable bonds is 6. The van der Waals surface area contributed by atoms with Crippen LogP contribution in [0, 0.1) is 0 Å². The molecule has 0 saturated heterocycles. The van der Waals surface area contributed by atoms with Crippen molar-refractivity contribution in [2.24, 2.45) is 4.99 Å². The molecule has 118 valence electrons. The Bertz CT molecular complexity index is 692. The van der Waals surface area contributed by atoms with E-state index >= 15 is 0 Å². The minimum Gasteiger partial charge on any atom is -0.356 e. The zero-order chi connectivity index (χ0) is 15.9. The molecule has 1 unspecified atom stereocenters. The third kappa shape index (κ3) is 4.14. The van der Waals surface area contributed by atoms with E-state index in [1.807, 2.05) is 12.1 Å². The molecule has 0 amide bonds. The molecular weight excluding hydrogens is 284 g/mol. The second-order valence-electron chi connectivity index (χ2n) is 5.67. The Balaban J connectivity index is 1.82. The molecule has 3 rings (SSSR count). The van der Waals surface area contributed by atoms with Crippen LogP contribution < -0.4 is 0 Å². The van der Waals surface area contributed by atoms with Crippen molar-refractivity contribution in [3.63, 3.8) is 0 Å². The zero-order valence-electron chi connectivity index (χ0n) is 13.5. The molecule has 3 nitrogen and oxygen atoms in total. The Hall–Kier alpha value is -2.26. The number of hydrogen-bond acceptors (Lipinski definition) is 3. The minimum atomic E-state index is -0.0754. The topological polar surface area (TPSA) is 34.5 Å². The van der Waals surface area contributed by atoms with Gasteiger partial charge in [-0.3, -0.25) is 9.98 Å². The van der Waals surface area contributed by atoms with Crippen molar-refractivity contribution in [3.8, 4) is 0 Å². The van der Waals surface area contributed by atoms with Gasteiger partial charge in [0.25, 0.3) is 0 Å². The van der Waals surface area contributed by atoms with Crippen LogP contribution in [0.2, 0.25) is 0 Å². The number of ether oxygens (including phenoxy) is 1. The highest BCUT2D eigenvalue weighted by molar-refractivity contribution is 6.12. The summed E-state index contributed by atoms with van der Waals surface area (Å²) in [4.78, 5) is 8.85. The molecule has 0 radical (unpaired) electrons. The maximum absolute atomic E-state index is 5.93. The van der Waals surface area contributed by atoms with E-state index in [4.69, 9.17) is 9.73 Å². The van der Waals surface area contributed by atoms with E-state index in [2.05, 4.69) is 48.3 Å². The molecule has 0 bridgehead atoms. The van der Waals surface area contributed by atoms with E-state index in [9.17, 15) is 0 Å². The Morgan fingerprint density at radius 1 is 1.13 bits per heavy atom. The summed E-state index contributed by atoms with van der Waals surface area (Å²) in [5, 5.41) is 0. The number of pyridine rings is 1. The SMILES string of the molecule is CCCCOC1Cc2ccccc2C(/C=C/c2ccncc2)=N1. The molecule has 1 atom stereocenters. The van der Waals surface area contributed by atoms with Crippen LogP contribution >= 0.6 is 0 Å². The molecule has 1 aromatic heterocycles. The first-order chi connectivity index (χ1) is 11.4. The predicted octanol–water partition coefficient (Wildman–Crippen LogP) is 4.28. The third-order valence-electron chi connectivity index (χ3n) is 3.92. The maximum Gasteiger partial charge on any atom is 0.153 e. The summed E-state index contributed by atoms with van der Waals surface area (Å²) in [6.07, 6.45) is 10.7. The van der Waals surface area contributed by atoms with Crippen LogP contribution in [0.25, 0.3) is 6.08 Å². The predicted molar refractivity (Wildman–Crippen MR) is 94.6 cm³/mol. The highest BCUT2D eigenvalue weighted by Gasteiger charge is 2.19. The van der Waals surface area contributed by atoms with Gasteiger partial charge < -0.3 is 4.74 Å². The molecule has 23 heavy (non-hydrogen) atoms. The van der Waals surface area contributed by atoms with E-state index in [1.165, 1.54) is 11.1 Å².